The summed E-state index contributed by atoms with van der Waals surface area (Å²) in [5.41, 5.74) is 27.2. The first-order valence-electron chi connectivity index (χ1n) is 30.0. The number of carbonyl (C=O) groups excluding carboxylic acids is 8. The van der Waals surface area contributed by atoms with Crippen molar-refractivity contribution >= 4 is 47.3 Å². The number of rotatable bonds is 56. The van der Waals surface area contributed by atoms with Crippen LogP contribution in [-0.4, -0.2) is 277 Å². The van der Waals surface area contributed by atoms with Crippen molar-refractivity contribution in [1.82, 2.24) is 79.8 Å². The molecule has 4 unspecified atom stereocenters. The zero-order chi connectivity index (χ0) is 63.8. The molecule has 8 amide bonds. The van der Waals surface area contributed by atoms with E-state index in [1.165, 1.54) is 0 Å². The zero-order valence-corrected chi connectivity index (χ0v) is 52.1. The second kappa shape index (κ2) is 65.1. The van der Waals surface area contributed by atoms with E-state index in [1.54, 1.807) is 28.3 Å². The molecule has 25 N–H and O–H groups in total. The van der Waals surface area contributed by atoms with Gasteiger partial charge in [0.1, 0.15) is 0 Å². The zero-order valence-electron chi connectivity index (χ0n) is 52.1. The summed E-state index contributed by atoms with van der Waals surface area (Å²) in [6.45, 7) is 16.9. The van der Waals surface area contributed by atoms with Crippen molar-refractivity contribution in [3.8, 4) is 0 Å². The molecular formula is C53H116N20O12. The van der Waals surface area contributed by atoms with Crippen LogP contribution in [-0.2, 0) is 57.3 Å². The van der Waals surface area contributed by atoms with Gasteiger partial charge >= 0.3 is 0 Å². The normalized spacial score (nSPS) is 12.2. The fourth-order valence-corrected chi connectivity index (χ4v) is 6.80. The molecule has 85 heavy (non-hydrogen) atoms. The Morgan fingerprint density at radius 2 is 0.624 bits per heavy atom. The lowest BCUT2D eigenvalue weighted by Crippen LogP contribution is -2.46. The van der Waals surface area contributed by atoms with Crippen LogP contribution in [0.4, 0.5) is 0 Å². The molecule has 0 spiro atoms. The van der Waals surface area contributed by atoms with E-state index in [2.05, 4.69) is 86.7 Å². The Morgan fingerprint density at radius 1 is 0.341 bits per heavy atom. The van der Waals surface area contributed by atoms with Crippen molar-refractivity contribution in [2.45, 2.75) is 88.9 Å². The van der Waals surface area contributed by atoms with E-state index in [-0.39, 0.29) is 72.9 Å². The lowest BCUT2D eigenvalue weighted by Gasteiger charge is -2.16. The third kappa shape index (κ3) is 57.9. The topological polar surface area (TPSA) is 484 Å². The standard InChI is InChI=1S/C25H54N10O6.C15H33N5O4.C13H29N5O2/c1-29-21(19-23(37)33-13-11-31-9-5-27)25(39)35-7-3-15-41-17-16-40-14-2-6-34-24(38)20(28)18-22(36)32-12-10-30-8-4-26;1-17-13(12-14(21)19-8-7-18-6-4-16)15(22)20-5-3-9-24-11-10-23-2;1-3-4-6-18-13(20)11(15-2)10-12(19)17-9-8-16-7-5-14/h20-21,29-31H,2-19,26-28H2,1H3,(H,32,36)(H,33,37)(H,34,38)(H,35,39);13,17-18H,3-12,16H2,1-2H3,(H,19,21)(H,20,22);11,15-16H,3-10,14H2,1-2H3,(H,17,19)(H,18,20). The van der Waals surface area contributed by atoms with E-state index in [9.17, 15) is 38.4 Å². The van der Waals surface area contributed by atoms with Gasteiger partial charge in [-0.05, 0) is 46.8 Å². The Morgan fingerprint density at radius 3 is 0.906 bits per heavy atom. The van der Waals surface area contributed by atoms with Gasteiger partial charge in [0.25, 0.3) is 0 Å². The number of likely N-dealkylation sites (N-methyl/N-ethyl adjacent to an activating group) is 3. The molecule has 4 atom stereocenters. The molecule has 32 heteroatoms. The third-order valence-electron chi connectivity index (χ3n) is 11.6. The van der Waals surface area contributed by atoms with Crippen LogP contribution in [0.1, 0.15) is 64.7 Å². The first-order valence-corrected chi connectivity index (χ1v) is 30.0. The minimum Gasteiger partial charge on any atom is -0.382 e. The second-order valence-electron chi connectivity index (χ2n) is 18.9. The van der Waals surface area contributed by atoms with E-state index >= 15 is 0 Å². The van der Waals surface area contributed by atoms with Crippen LogP contribution in [0, 0.1) is 0 Å². The molecule has 0 radical (unpaired) electrons. The Balaban J connectivity index is -0.00000129. The molecule has 0 heterocycles. The first kappa shape index (κ1) is 84.3. The largest absolute Gasteiger partial charge is 0.382 e. The van der Waals surface area contributed by atoms with Crippen LogP contribution in [0.25, 0.3) is 0 Å². The highest BCUT2D eigenvalue weighted by Gasteiger charge is 2.22. The van der Waals surface area contributed by atoms with Crippen LogP contribution in [0.2, 0.25) is 0 Å². The monoisotopic (exact) mass is 1220 g/mol. The minimum absolute atomic E-state index is 0.0507. The second-order valence-corrected chi connectivity index (χ2v) is 18.9. The number of hydrogen-bond donors (Lipinski definition) is 20. The summed E-state index contributed by atoms with van der Waals surface area (Å²) in [5.74, 6) is -1.72. The Hall–Kier alpha value is -4.88. The molecule has 0 bridgehead atoms. The predicted molar refractivity (Wildman–Crippen MR) is 330 cm³/mol. The van der Waals surface area contributed by atoms with E-state index in [0.717, 1.165) is 19.4 Å². The molecule has 0 saturated carbocycles. The van der Waals surface area contributed by atoms with E-state index in [4.69, 9.17) is 47.6 Å². The lowest BCUT2D eigenvalue weighted by atomic mass is 10.2. The fraction of sp³-hybridized carbons (Fsp3) is 0.849. The number of nitrogens with one attached hydrogen (secondary N) is 15. The van der Waals surface area contributed by atoms with Crippen LogP contribution in [0.3, 0.4) is 0 Å². The van der Waals surface area contributed by atoms with Gasteiger partial charge in [0.05, 0.1) is 76.3 Å². The fourth-order valence-electron chi connectivity index (χ4n) is 6.80. The van der Waals surface area contributed by atoms with Gasteiger partial charge in [-0.2, -0.15) is 0 Å². The van der Waals surface area contributed by atoms with Crippen molar-refractivity contribution in [3.05, 3.63) is 0 Å². The third-order valence-corrected chi connectivity index (χ3v) is 11.6. The summed E-state index contributed by atoms with van der Waals surface area (Å²) in [5, 5.41) is 43.0. The molecule has 0 fully saturated rings. The molecule has 500 valence electrons. The van der Waals surface area contributed by atoms with Crippen LogP contribution < -0.4 is 108 Å². The van der Waals surface area contributed by atoms with Gasteiger partial charge in [-0.15, -0.1) is 0 Å². The molecule has 0 rings (SSSR count). The lowest BCUT2D eigenvalue weighted by molar-refractivity contribution is -0.128. The Labute approximate surface area is 505 Å². The summed E-state index contributed by atoms with van der Waals surface area (Å²) in [6, 6.07) is -2.55. The summed E-state index contributed by atoms with van der Waals surface area (Å²) in [6.07, 6.45) is 4.12. The number of unbranched alkanes of at least 4 members (excludes halogenated alkanes) is 1. The van der Waals surface area contributed by atoms with E-state index in [1.807, 2.05) is 0 Å². The van der Waals surface area contributed by atoms with Gasteiger partial charge in [0, 0.05) is 158 Å². The molecule has 0 aromatic heterocycles. The highest BCUT2D eigenvalue weighted by atomic mass is 16.5. The first-order chi connectivity index (χ1) is 41.2. The molecule has 0 aromatic carbocycles. The van der Waals surface area contributed by atoms with Gasteiger partial charge in [0.15, 0.2) is 0 Å². The van der Waals surface area contributed by atoms with E-state index in [0.29, 0.717) is 190 Å². The summed E-state index contributed by atoms with van der Waals surface area (Å²) >= 11 is 0. The van der Waals surface area contributed by atoms with Gasteiger partial charge in [-0.3, -0.25) is 38.4 Å². The number of hydrogen-bond acceptors (Lipinski definition) is 24. The average molecular weight is 1230 g/mol. The maximum absolute atomic E-state index is 12.3. The number of ether oxygens (including phenoxy) is 4. The smallest absolute Gasteiger partial charge is 0.237 e. The van der Waals surface area contributed by atoms with Gasteiger partial charge in [0.2, 0.25) is 47.3 Å². The molecule has 0 saturated heterocycles. The van der Waals surface area contributed by atoms with Gasteiger partial charge < -0.3 is 127 Å². The quantitative estimate of drug-likeness (QED) is 0.0252. The maximum Gasteiger partial charge on any atom is 0.237 e. The molecule has 0 aliphatic heterocycles. The average Bonchev–Trinajstić information content (AvgIpc) is 3.49. The number of methoxy groups -OCH3 is 1. The molecule has 0 aromatic rings. The molecule has 0 aliphatic carbocycles. The number of nitrogens with two attached hydrogens (primary N) is 5. The van der Waals surface area contributed by atoms with Crippen molar-refractivity contribution in [3.63, 3.8) is 0 Å². The van der Waals surface area contributed by atoms with Crippen LogP contribution >= 0.6 is 0 Å². The summed E-state index contributed by atoms with van der Waals surface area (Å²) < 4.78 is 21.1. The SMILES string of the molecule is CCCCNC(=O)C(CC(=O)NCCNCCN)NC.CNC(CC(=O)NCCNCCN)C(=O)NCCCOCCOC.CNC(CC(=O)NCCNCCN)C(=O)NCCCOCCOCCCNC(=O)C(N)CC(=O)NCCNCCN. The maximum atomic E-state index is 12.3. The number of carbonyl (C=O) groups is 8. The van der Waals surface area contributed by atoms with Crippen LogP contribution in [0.5, 0.6) is 0 Å². The number of amides is 8. The minimum atomic E-state index is -0.908. The van der Waals surface area contributed by atoms with Crippen molar-refractivity contribution in [1.29, 1.82) is 0 Å². The molecular weight excluding hydrogens is 1110 g/mol. The molecule has 32 nitrogen and oxygen atoms in total. The predicted octanol–water partition coefficient (Wildman–Crippen LogP) is -8.60. The van der Waals surface area contributed by atoms with Crippen molar-refractivity contribution in [2.75, 3.05) is 205 Å². The highest BCUT2D eigenvalue weighted by Crippen LogP contribution is 1.97. The Bertz CT molecular complexity index is 1650. The van der Waals surface area contributed by atoms with Gasteiger partial charge in [-0.25, -0.2) is 0 Å². The van der Waals surface area contributed by atoms with Crippen molar-refractivity contribution < 1.29 is 57.3 Å². The van der Waals surface area contributed by atoms with E-state index < -0.39 is 24.2 Å². The summed E-state index contributed by atoms with van der Waals surface area (Å²) in [7, 11) is 6.60. The Kier molecular flexibility index (Phi) is 64.6. The van der Waals surface area contributed by atoms with Crippen molar-refractivity contribution in [2.24, 2.45) is 28.7 Å². The molecule has 0 aliphatic rings. The van der Waals surface area contributed by atoms with Gasteiger partial charge in [-0.1, -0.05) is 13.3 Å². The van der Waals surface area contributed by atoms with Crippen LogP contribution in [0.15, 0.2) is 0 Å². The highest BCUT2D eigenvalue weighted by molar-refractivity contribution is 5.90. The summed E-state index contributed by atoms with van der Waals surface area (Å²) in [4.78, 5) is 95.4.